The molecule has 1 aromatic heterocycles. The minimum absolute atomic E-state index is 0.133. The maximum absolute atomic E-state index is 12.9. The number of aryl methyl sites for hydroxylation is 2. The number of rotatable bonds is 2. The first-order valence-corrected chi connectivity index (χ1v) is 9.23. The first-order valence-electron chi connectivity index (χ1n) is 8.03. The van der Waals surface area contributed by atoms with Crippen LogP contribution in [0.1, 0.15) is 51.1 Å². The van der Waals surface area contributed by atoms with Crippen LogP contribution in [0, 0.1) is 13.8 Å². The van der Waals surface area contributed by atoms with E-state index in [-0.39, 0.29) is 5.91 Å². The van der Waals surface area contributed by atoms with Crippen molar-refractivity contribution in [3.8, 4) is 0 Å². The summed E-state index contributed by atoms with van der Waals surface area (Å²) in [4.78, 5) is 20.1. The lowest BCUT2D eigenvalue weighted by Crippen LogP contribution is -2.34. The van der Waals surface area contributed by atoms with Crippen LogP contribution in [0.3, 0.4) is 0 Å². The number of aromatic nitrogens is 1. The van der Waals surface area contributed by atoms with Gasteiger partial charge in [-0.05, 0) is 44.4 Å². The first kappa shape index (κ1) is 16.5. The minimum atomic E-state index is 0.133. The number of halogens is 1. The predicted molar refractivity (Wildman–Crippen MR) is 95.5 cm³/mol. The second-order valence-electron chi connectivity index (χ2n) is 6.14. The van der Waals surface area contributed by atoms with E-state index in [1.54, 1.807) is 0 Å². The van der Waals surface area contributed by atoms with Gasteiger partial charge in [-0.3, -0.25) is 4.79 Å². The van der Waals surface area contributed by atoms with Crippen LogP contribution < -0.4 is 0 Å². The highest BCUT2D eigenvalue weighted by atomic mass is 35.5. The van der Waals surface area contributed by atoms with Gasteiger partial charge in [0.25, 0.3) is 5.91 Å². The molecule has 0 saturated carbocycles. The second kappa shape index (κ2) is 7.02. The number of amides is 1. The SMILES string of the molecule is Cc1nc(C)c(C(=O)N2CCCC[C@H](c3ccc(Cl)cc3)C2)s1. The third-order valence-electron chi connectivity index (χ3n) is 4.40. The Hall–Kier alpha value is -1.39. The summed E-state index contributed by atoms with van der Waals surface area (Å²) in [6, 6.07) is 8.04. The molecule has 2 aromatic rings. The Morgan fingerprint density at radius 2 is 2.00 bits per heavy atom. The number of hydrogen-bond acceptors (Lipinski definition) is 3. The fourth-order valence-corrected chi connectivity index (χ4v) is 4.22. The van der Waals surface area contributed by atoms with Crippen molar-refractivity contribution in [1.82, 2.24) is 9.88 Å². The third kappa shape index (κ3) is 3.75. The molecule has 0 bridgehead atoms. The zero-order chi connectivity index (χ0) is 16.4. The van der Waals surface area contributed by atoms with Crippen molar-refractivity contribution in [2.75, 3.05) is 13.1 Å². The van der Waals surface area contributed by atoms with Crippen molar-refractivity contribution in [2.24, 2.45) is 0 Å². The maximum Gasteiger partial charge on any atom is 0.265 e. The molecular formula is C18H21ClN2OS. The number of carbonyl (C=O) groups is 1. The molecule has 1 aliphatic heterocycles. The van der Waals surface area contributed by atoms with Gasteiger partial charge < -0.3 is 4.90 Å². The molecule has 1 aromatic carbocycles. The van der Waals surface area contributed by atoms with Gasteiger partial charge in [0.05, 0.1) is 10.7 Å². The Labute approximate surface area is 146 Å². The average Bonchev–Trinajstić information content (AvgIpc) is 2.74. The first-order chi connectivity index (χ1) is 11.0. The van der Waals surface area contributed by atoms with Crippen molar-refractivity contribution in [3.05, 3.63) is 50.4 Å². The summed E-state index contributed by atoms with van der Waals surface area (Å²) in [6.07, 6.45) is 3.33. The molecule has 0 spiro atoms. The molecule has 0 aliphatic carbocycles. The molecule has 2 heterocycles. The fourth-order valence-electron chi connectivity index (χ4n) is 3.21. The van der Waals surface area contributed by atoms with Crippen LogP contribution in [-0.4, -0.2) is 28.9 Å². The Morgan fingerprint density at radius 1 is 1.26 bits per heavy atom. The third-order valence-corrected chi connectivity index (χ3v) is 5.71. The van der Waals surface area contributed by atoms with Gasteiger partial charge in [0.2, 0.25) is 0 Å². The highest BCUT2D eigenvalue weighted by Crippen LogP contribution is 2.29. The van der Waals surface area contributed by atoms with Crippen LogP contribution in [0.4, 0.5) is 0 Å². The van der Waals surface area contributed by atoms with Crippen LogP contribution in [0.5, 0.6) is 0 Å². The molecule has 0 N–H and O–H groups in total. The van der Waals surface area contributed by atoms with Gasteiger partial charge in [0.15, 0.2) is 0 Å². The van der Waals surface area contributed by atoms with Gasteiger partial charge >= 0.3 is 0 Å². The molecule has 1 saturated heterocycles. The van der Waals surface area contributed by atoms with Crippen molar-refractivity contribution in [1.29, 1.82) is 0 Å². The lowest BCUT2D eigenvalue weighted by Gasteiger charge is -2.24. The molecule has 0 unspecified atom stereocenters. The van der Waals surface area contributed by atoms with Gasteiger partial charge in [0, 0.05) is 24.0 Å². The minimum Gasteiger partial charge on any atom is -0.337 e. The van der Waals surface area contributed by atoms with Crippen LogP contribution in [0.2, 0.25) is 5.02 Å². The molecular weight excluding hydrogens is 328 g/mol. The summed E-state index contributed by atoms with van der Waals surface area (Å²) in [5.74, 6) is 0.516. The molecule has 1 amide bonds. The summed E-state index contributed by atoms with van der Waals surface area (Å²) >= 11 is 7.49. The Kier molecular flexibility index (Phi) is 5.02. The summed E-state index contributed by atoms with van der Waals surface area (Å²) in [5, 5.41) is 1.71. The average molecular weight is 349 g/mol. The van der Waals surface area contributed by atoms with E-state index < -0.39 is 0 Å². The van der Waals surface area contributed by atoms with Crippen LogP contribution in [-0.2, 0) is 0 Å². The highest BCUT2D eigenvalue weighted by Gasteiger charge is 2.26. The molecule has 3 rings (SSSR count). The van der Waals surface area contributed by atoms with Gasteiger partial charge in [-0.2, -0.15) is 0 Å². The van der Waals surface area contributed by atoms with Crippen molar-refractivity contribution >= 4 is 28.8 Å². The largest absolute Gasteiger partial charge is 0.337 e. The number of benzene rings is 1. The summed E-state index contributed by atoms with van der Waals surface area (Å²) in [6.45, 7) is 5.48. The van der Waals surface area contributed by atoms with E-state index in [1.165, 1.54) is 16.9 Å². The van der Waals surface area contributed by atoms with Crippen molar-refractivity contribution in [3.63, 3.8) is 0 Å². The second-order valence-corrected chi connectivity index (χ2v) is 7.78. The number of thiazole rings is 1. The van der Waals surface area contributed by atoms with Gasteiger partial charge in [-0.25, -0.2) is 4.98 Å². The van der Waals surface area contributed by atoms with Crippen molar-refractivity contribution in [2.45, 2.75) is 39.0 Å². The normalized spacial score (nSPS) is 18.7. The highest BCUT2D eigenvalue weighted by molar-refractivity contribution is 7.13. The Balaban J connectivity index is 1.80. The topological polar surface area (TPSA) is 33.2 Å². The fraction of sp³-hybridized carbons (Fsp3) is 0.444. The van der Waals surface area contributed by atoms with E-state index in [1.807, 2.05) is 30.9 Å². The zero-order valence-electron chi connectivity index (χ0n) is 13.5. The Morgan fingerprint density at radius 3 is 2.65 bits per heavy atom. The number of hydrogen-bond donors (Lipinski definition) is 0. The quantitative estimate of drug-likeness (QED) is 0.779. The number of likely N-dealkylation sites (tertiary alicyclic amines) is 1. The number of carbonyl (C=O) groups excluding carboxylic acids is 1. The van der Waals surface area contributed by atoms with Crippen molar-refractivity contribution < 1.29 is 4.79 Å². The number of nitrogens with zero attached hydrogens (tertiary/aromatic N) is 2. The lowest BCUT2D eigenvalue weighted by molar-refractivity contribution is 0.0758. The summed E-state index contributed by atoms with van der Waals surface area (Å²) < 4.78 is 0. The summed E-state index contributed by atoms with van der Waals surface area (Å²) in [7, 11) is 0. The lowest BCUT2D eigenvalue weighted by atomic mass is 9.94. The van der Waals surface area contributed by atoms with Crippen LogP contribution >= 0.6 is 22.9 Å². The molecule has 1 atom stereocenters. The van der Waals surface area contributed by atoms with Crippen LogP contribution in [0.25, 0.3) is 0 Å². The molecule has 0 radical (unpaired) electrons. The molecule has 1 aliphatic rings. The summed E-state index contributed by atoms with van der Waals surface area (Å²) in [5.41, 5.74) is 2.12. The van der Waals surface area contributed by atoms with Gasteiger partial charge in [-0.1, -0.05) is 30.2 Å². The maximum atomic E-state index is 12.9. The van der Waals surface area contributed by atoms with E-state index in [0.29, 0.717) is 5.92 Å². The molecule has 5 heteroatoms. The van der Waals surface area contributed by atoms with E-state index in [9.17, 15) is 4.79 Å². The monoisotopic (exact) mass is 348 g/mol. The van der Waals surface area contributed by atoms with E-state index in [4.69, 9.17) is 11.6 Å². The Bertz CT molecular complexity index is 696. The standard InChI is InChI=1S/C18H21ClN2OS/c1-12-17(23-13(2)20-12)18(22)21-10-4-3-5-15(11-21)14-6-8-16(19)9-7-14/h6-9,15H,3-5,10-11H2,1-2H3/t15-/m0/s1. The van der Waals surface area contributed by atoms with Gasteiger partial charge in [-0.15, -0.1) is 11.3 Å². The zero-order valence-corrected chi connectivity index (χ0v) is 15.1. The molecule has 23 heavy (non-hydrogen) atoms. The van der Waals surface area contributed by atoms with Crippen LogP contribution in [0.15, 0.2) is 24.3 Å². The van der Waals surface area contributed by atoms with Gasteiger partial charge in [0.1, 0.15) is 4.88 Å². The van der Waals surface area contributed by atoms with E-state index in [0.717, 1.165) is 53.0 Å². The smallest absolute Gasteiger partial charge is 0.265 e. The molecule has 3 nitrogen and oxygen atoms in total. The molecule has 122 valence electrons. The molecule has 1 fully saturated rings. The van der Waals surface area contributed by atoms with E-state index in [2.05, 4.69) is 17.1 Å². The predicted octanol–water partition coefficient (Wildman–Crippen LogP) is 4.82. The van der Waals surface area contributed by atoms with E-state index >= 15 is 0 Å².